The summed E-state index contributed by atoms with van der Waals surface area (Å²) in [5, 5.41) is 6.96. The first-order chi connectivity index (χ1) is 19.1. The second kappa shape index (κ2) is 12.9. The van der Waals surface area contributed by atoms with E-state index in [9.17, 15) is 18.0 Å². The number of nitrogens with zero attached hydrogens (tertiary/aromatic N) is 2. The lowest BCUT2D eigenvalue weighted by Gasteiger charge is -2.21. The molecule has 0 radical (unpaired) electrons. The highest BCUT2D eigenvalue weighted by Crippen LogP contribution is 2.23. The largest absolute Gasteiger partial charge is 0.459 e. The number of hydrogen-bond donors (Lipinski definition) is 2. The van der Waals surface area contributed by atoms with Crippen LogP contribution in [0, 0.1) is 6.92 Å². The summed E-state index contributed by atoms with van der Waals surface area (Å²) in [6.45, 7) is 1.88. The van der Waals surface area contributed by atoms with Crippen LogP contribution in [0.3, 0.4) is 0 Å². The van der Waals surface area contributed by atoms with Crippen LogP contribution in [0.2, 0.25) is 10.0 Å². The van der Waals surface area contributed by atoms with E-state index in [4.69, 9.17) is 27.6 Å². The molecule has 9 nitrogen and oxygen atoms in total. The zero-order valence-corrected chi connectivity index (χ0v) is 23.5. The number of sulfonamides is 1. The van der Waals surface area contributed by atoms with E-state index >= 15 is 0 Å². The second-order valence-electron chi connectivity index (χ2n) is 8.65. The van der Waals surface area contributed by atoms with Gasteiger partial charge in [0, 0.05) is 11.6 Å². The fourth-order valence-corrected chi connectivity index (χ4v) is 5.25. The van der Waals surface area contributed by atoms with Crippen LogP contribution in [0.25, 0.3) is 0 Å². The number of furan rings is 1. The topological polar surface area (TPSA) is 121 Å². The van der Waals surface area contributed by atoms with E-state index in [2.05, 4.69) is 15.8 Å². The molecular weight excluding hydrogens is 575 g/mol. The Morgan fingerprint density at radius 1 is 0.900 bits per heavy atom. The number of carbonyl (C=O) groups is 2. The zero-order valence-electron chi connectivity index (χ0n) is 21.2. The molecule has 0 fully saturated rings. The molecule has 0 atom stereocenters. The first-order valence-corrected chi connectivity index (χ1v) is 14.1. The van der Waals surface area contributed by atoms with Crippen LogP contribution in [0.5, 0.6) is 0 Å². The van der Waals surface area contributed by atoms with Gasteiger partial charge in [-0.15, -0.1) is 0 Å². The number of hydrogen-bond acceptors (Lipinski definition) is 6. The summed E-state index contributed by atoms with van der Waals surface area (Å²) in [7, 11) is -3.89. The van der Waals surface area contributed by atoms with Crippen LogP contribution in [0.1, 0.15) is 22.6 Å². The third-order valence-corrected chi connectivity index (χ3v) is 8.02. The molecule has 206 valence electrons. The molecule has 0 aliphatic heterocycles. The summed E-state index contributed by atoms with van der Waals surface area (Å²) >= 11 is 12.0. The zero-order chi connectivity index (χ0) is 28.7. The molecule has 1 heterocycles. The summed E-state index contributed by atoms with van der Waals surface area (Å²) in [6, 6.07) is 23.1. The summed E-state index contributed by atoms with van der Waals surface area (Å²) in [5.74, 6) is -1.39. The van der Waals surface area contributed by atoms with E-state index in [1.54, 1.807) is 84.9 Å². The highest BCUT2D eigenvalue weighted by Gasteiger charge is 2.26. The van der Waals surface area contributed by atoms with Gasteiger partial charge in [-0.3, -0.25) is 9.59 Å². The maximum absolute atomic E-state index is 13.5. The Balaban J connectivity index is 1.45. The van der Waals surface area contributed by atoms with Crippen LogP contribution in [-0.4, -0.2) is 30.8 Å². The molecule has 0 spiro atoms. The molecule has 40 heavy (non-hydrogen) atoms. The predicted octanol–water partition coefficient (Wildman–Crippen LogP) is 5.37. The van der Waals surface area contributed by atoms with Gasteiger partial charge in [-0.25, -0.2) is 13.8 Å². The average molecular weight is 599 g/mol. The maximum atomic E-state index is 13.5. The van der Waals surface area contributed by atoms with Gasteiger partial charge in [0.15, 0.2) is 0 Å². The monoisotopic (exact) mass is 598 g/mol. The molecule has 2 N–H and O–H groups in total. The molecule has 4 aromatic rings. The lowest BCUT2D eigenvalue weighted by molar-refractivity contribution is -0.136. The van der Waals surface area contributed by atoms with E-state index in [0.29, 0.717) is 10.8 Å². The molecular formula is C28H24Cl2N4O5S. The second-order valence-corrected chi connectivity index (χ2v) is 11.4. The van der Waals surface area contributed by atoms with Gasteiger partial charge in [0.2, 0.25) is 10.0 Å². The van der Waals surface area contributed by atoms with Crippen LogP contribution in [0.4, 0.5) is 5.69 Å². The van der Waals surface area contributed by atoms with E-state index in [1.165, 1.54) is 10.5 Å². The molecule has 2 amide bonds. The number of halogens is 2. The smallest absolute Gasteiger partial charge is 0.329 e. The third-order valence-electron chi connectivity index (χ3n) is 5.63. The van der Waals surface area contributed by atoms with Crippen molar-refractivity contribution in [1.29, 1.82) is 0 Å². The summed E-state index contributed by atoms with van der Waals surface area (Å²) in [5.41, 5.74) is 4.07. The van der Waals surface area contributed by atoms with Crippen molar-refractivity contribution in [1.82, 2.24) is 9.73 Å². The van der Waals surface area contributed by atoms with Gasteiger partial charge in [-0.2, -0.15) is 9.41 Å². The van der Waals surface area contributed by atoms with E-state index in [0.717, 1.165) is 11.1 Å². The number of aryl methyl sites for hydroxylation is 1. The Morgan fingerprint density at radius 2 is 1.60 bits per heavy atom. The van der Waals surface area contributed by atoms with E-state index in [1.807, 2.05) is 6.92 Å². The van der Waals surface area contributed by atoms with Crippen molar-refractivity contribution < 1.29 is 22.4 Å². The highest BCUT2D eigenvalue weighted by atomic mass is 35.5. The van der Waals surface area contributed by atoms with Gasteiger partial charge in [-0.05, 0) is 61.0 Å². The van der Waals surface area contributed by atoms with Crippen molar-refractivity contribution in [2.45, 2.75) is 24.9 Å². The fraction of sp³-hybridized carbons (Fsp3) is 0.107. The number of amides is 2. The average Bonchev–Trinajstić information content (AvgIpc) is 3.38. The third kappa shape index (κ3) is 7.57. The van der Waals surface area contributed by atoms with Crippen molar-refractivity contribution in [3.05, 3.63) is 118 Å². The highest BCUT2D eigenvalue weighted by molar-refractivity contribution is 7.89. The quantitative estimate of drug-likeness (QED) is 0.152. The summed E-state index contributed by atoms with van der Waals surface area (Å²) in [6.07, 6.45) is 1.20. The molecule has 4 rings (SSSR count). The lowest BCUT2D eigenvalue weighted by atomic mass is 10.2. The molecule has 0 bridgehead atoms. The Labute approximate surface area is 241 Å². The Hall–Kier alpha value is -3.96. The minimum absolute atomic E-state index is 0.0702. The summed E-state index contributed by atoms with van der Waals surface area (Å²) in [4.78, 5) is 24.3. The SMILES string of the molecule is Cc1ccc(S(=O)(=O)N(Cc2ccc(Cl)cc2)Cc2ccc(/C=N/NC(=O)C(=O)Nc3ccccc3Cl)o2)cc1. The van der Waals surface area contributed by atoms with Crippen molar-refractivity contribution in [2.24, 2.45) is 5.10 Å². The standard InChI is InChI=1S/C28H24Cl2N4O5S/c1-19-6-14-24(15-7-19)40(37,38)34(17-20-8-10-21(29)11-9-20)18-23-13-12-22(39-23)16-31-33-28(36)27(35)32-26-5-3-2-4-25(26)30/h2-16H,17-18H2,1H3,(H,32,35)(H,33,36)/b31-16+. The fourth-order valence-electron chi connectivity index (χ4n) is 3.55. The number of rotatable bonds is 9. The molecule has 3 aromatic carbocycles. The van der Waals surface area contributed by atoms with Crippen LogP contribution < -0.4 is 10.7 Å². The Morgan fingerprint density at radius 3 is 2.30 bits per heavy atom. The predicted molar refractivity (Wildman–Crippen MR) is 154 cm³/mol. The van der Waals surface area contributed by atoms with E-state index in [-0.39, 0.29) is 34.5 Å². The number of nitrogens with one attached hydrogen (secondary N) is 2. The molecule has 0 aliphatic rings. The van der Waals surface area contributed by atoms with E-state index < -0.39 is 21.8 Å². The van der Waals surface area contributed by atoms with Crippen molar-refractivity contribution >= 4 is 56.9 Å². The molecule has 0 aliphatic carbocycles. The van der Waals surface area contributed by atoms with Gasteiger partial charge >= 0.3 is 11.8 Å². The van der Waals surface area contributed by atoms with Gasteiger partial charge in [0.05, 0.1) is 28.4 Å². The molecule has 0 unspecified atom stereocenters. The summed E-state index contributed by atoms with van der Waals surface area (Å²) < 4.78 is 34.1. The van der Waals surface area contributed by atoms with Gasteiger partial charge in [0.1, 0.15) is 11.5 Å². The van der Waals surface area contributed by atoms with Crippen molar-refractivity contribution in [2.75, 3.05) is 5.32 Å². The normalized spacial score (nSPS) is 11.6. The molecule has 0 saturated carbocycles. The minimum Gasteiger partial charge on any atom is -0.459 e. The first kappa shape index (κ1) is 29.0. The number of anilines is 1. The first-order valence-electron chi connectivity index (χ1n) is 11.9. The maximum Gasteiger partial charge on any atom is 0.329 e. The number of para-hydroxylation sites is 1. The van der Waals surface area contributed by atoms with Crippen molar-refractivity contribution in [3.63, 3.8) is 0 Å². The van der Waals surface area contributed by atoms with Gasteiger partial charge in [-0.1, -0.05) is 65.2 Å². The molecule has 12 heteroatoms. The lowest BCUT2D eigenvalue weighted by Crippen LogP contribution is -2.32. The molecule has 1 aromatic heterocycles. The molecule has 0 saturated heterocycles. The van der Waals surface area contributed by atoms with Crippen LogP contribution in [0.15, 0.2) is 99.3 Å². The number of hydrazone groups is 1. The Kier molecular flexibility index (Phi) is 9.38. The Bertz CT molecular complexity index is 1640. The van der Waals surface area contributed by atoms with Gasteiger partial charge in [0.25, 0.3) is 0 Å². The van der Waals surface area contributed by atoms with Gasteiger partial charge < -0.3 is 9.73 Å². The number of benzene rings is 3. The number of carbonyl (C=O) groups excluding carboxylic acids is 2. The van der Waals surface area contributed by atoms with Crippen LogP contribution in [-0.2, 0) is 32.7 Å². The minimum atomic E-state index is -3.89. The van der Waals surface area contributed by atoms with Crippen LogP contribution >= 0.6 is 23.2 Å². The van der Waals surface area contributed by atoms with Crippen molar-refractivity contribution in [3.8, 4) is 0 Å².